The molecule has 1 heteroatoms. The van der Waals surface area contributed by atoms with E-state index in [1.807, 2.05) is 30.3 Å². The highest BCUT2D eigenvalue weighted by atomic mass is 14.7. The Kier molecular flexibility index (Phi) is 2.64. The summed E-state index contributed by atoms with van der Waals surface area (Å²) in [5.41, 5.74) is 4.31. The number of nitrogens with zero attached hydrogens (tertiary/aromatic N) is 1. The number of hydrogen-bond acceptors (Lipinski definition) is 1. The van der Waals surface area contributed by atoms with E-state index >= 15 is 0 Å². The van der Waals surface area contributed by atoms with E-state index in [4.69, 9.17) is 0 Å². The molecule has 0 unspecified atom stereocenters. The van der Waals surface area contributed by atoms with E-state index in [1.165, 1.54) is 5.56 Å². The van der Waals surface area contributed by atoms with E-state index in [0.717, 1.165) is 16.8 Å². The van der Waals surface area contributed by atoms with Crippen molar-refractivity contribution in [1.29, 1.82) is 0 Å². The van der Waals surface area contributed by atoms with Gasteiger partial charge in [0.15, 0.2) is 0 Å². The summed E-state index contributed by atoms with van der Waals surface area (Å²) in [6, 6.07) is 14.1. The van der Waals surface area contributed by atoms with Gasteiger partial charge in [0, 0.05) is 11.8 Å². The quantitative estimate of drug-likeness (QED) is 0.715. The van der Waals surface area contributed by atoms with Crippen LogP contribution in [0.2, 0.25) is 0 Å². The van der Waals surface area contributed by atoms with Crippen molar-refractivity contribution in [3.8, 4) is 0 Å². The van der Waals surface area contributed by atoms with Crippen molar-refractivity contribution in [3.63, 3.8) is 0 Å². The molecule has 0 saturated heterocycles. The second-order valence-electron chi connectivity index (χ2n) is 3.51. The maximum atomic E-state index is 4.30. The zero-order valence-electron chi connectivity index (χ0n) is 8.77. The van der Waals surface area contributed by atoms with Crippen molar-refractivity contribution in [2.75, 3.05) is 0 Å². The van der Waals surface area contributed by atoms with Crippen molar-refractivity contribution in [3.05, 3.63) is 72.1 Å². The standard InChI is InChI=1S/C14H13N/c1-11-7-3-4-8-13(11)12(2)14-9-5-6-10-15-14/h3-10H,2H2,1H3. The van der Waals surface area contributed by atoms with Crippen molar-refractivity contribution in [2.45, 2.75) is 6.92 Å². The molecule has 1 nitrogen and oxygen atoms in total. The van der Waals surface area contributed by atoms with Gasteiger partial charge in [-0.1, -0.05) is 36.9 Å². The lowest BCUT2D eigenvalue weighted by Crippen LogP contribution is -1.91. The van der Waals surface area contributed by atoms with Crippen LogP contribution in [0.15, 0.2) is 55.2 Å². The molecule has 0 amide bonds. The molecule has 0 aliphatic rings. The van der Waals surface area contributed by atoms with Crippen LogP contribution in [0.4, 0.5) is 0 Å². The number of aromatic nitrogens is 1. The van der Waals surface area contributed by atoms with Gasteiger partial charge in [-0.25, -0.2) is 0 Å². The molecule has 1 heterocycles. The molecule has 0 atom stereocenters. The molecule has 1 aromatic heterocycles. The molecule has 0 bridgehead atoms. The van der Waals surface area contributed by atoms with Gasteiger partial charge < -0.3 is 0 Å². The molecule has 0 radical (unpaired) electrons. The maximum absolute atomic E-state index is 4.30. The van der Waals surface area contributed by atoms with Crippen LogP contribution in [0.3, 0.4) is 0 Å². The van der Waals surface area contributed by atoms with Crippen LogP contribution >= 0.6 is 0 Å². The van der Waals surface area contributed by atoms with Crippen molar-refractivity contribution < 1.29 is 0 Å². The van der Waals surface area contributed by atoms with Crippen molar-refractivity contribution >= 4 is 5.57 Å². The van der Waals surface area contributed by atoms with Crippen LogP contribution < -0.4 is 0 Å². The Bertz CT molecular complexity index is 472. The molecule has 0 N–H and O–H groups in total. The third kappa shape index (κ3) is 1.96. The first-order valence-corrected chi connectivity index (χ1v) is 4.95. The second kappa shape index (κ2) is 4.09. The Morgan fingerprint density at radius 3 is 2.47 bits per heavy atom. The molecular formula is C14H13N. The molecule has 0 aliphatic heterocycles. The summed E-state index contributed by atoms with van der Waals surface area (Å²) in [5.74, 6) is 0. The number of pyridine rings is 1. The van der Waals surface area contributed by atoms with Gasteiger partial charge in [0.2, 0.25) is 0 Å². The van der Waals surface area contributed by atoms with Crippen LogP contribution in [0.25, 0.3) is 5.57 Å². The topological polar surface area (TPSA) is 12.9 Å². The molecule has 1 aromatic carbocycles. The number of aryl methyl sites for hydroxylation is 1. The summed E-state index contributed by atoms with van der Waals surface area (Å²) < 4.78 is 0. The fourth-order valence-electron chi connectivity index (χ4n) is 1.59. The Hall–Kier alpha value is -1.89. The summed E-state index contributed by atoms with van der Waals surface area (Å²) in [5, 5.41) is 0. The molecule has 0 aliphatic carbocycles. The molecule has 2 rings (SSSR count). The molecule has 15 heavy (non-hydrogen) atoms. The first kappa shape index (κ1) is 9.66. The average molecular weight is 195 g/mol. The third-order valence-corrected chi connectivity index (χ3v) is 2.44. The van der Waals surface area contributed by atoms with E-state index in [-0.39, 0.29) is 0 Å². The fraction of sp³-hybridized carbons (Fsp3) is 0.0714. The highest BCUT2D eigenvalue weighted by Crippen LogP contribution is 2.22. The summed E-state index contributed by atoms with van der Waals surface area (Å²) >= 11 is 0. The first-order chi connectivity index (χ1) is 7.29. The molecule has 0 fully saturated rings. The summed E-state index contributed by atoms with van der Waals surface area (Å²) in [6.07, 6.45) is 1.79. The largest absolute Gasteiger partial charge is 0.256 e. The molecular weight excluding hydrogens is 182 g/mol. The zero-order valence-corrected chi connectivity index (χ0v) is 8.77. The Morgan fingerprint density at radius 1 is 1.07 bits per heavy atom. The van der Waals surface area contributed by atoms with Crippen molar-refractivity contribution in [2.24, 2.45) is 0 Å². The average Bonchev–Trinajstić information content (AvgIpc) is 2.30. The number of benzene rings is 1. The Labute approximate surface area is 90.1 Å². The van der Waals surface area contributed by atoms with E-state index in [2.05, 4.69) is 30.6 Å². The van der Waals surface area contributed by atoms with Gasteiger partial charge in [0.25, 0.3) is 0 Å². The molecule has 0 saturated carbocycles. The first-order valence-electron chi connectivity index (χ1n) is 4.95. The Morgan fingerprint density at radius 2 is 1.80 bits per heavy atom. The minimum atomic E-state index is 0.937. The van der Waals surface area contributed by atoms with E-state index < -0.39 is 0 Å². The fourth-order valence-corrected chi connectivity index (χ4v) is 1.59. The lowest BCUT2D eigenvalue weighted by Gasteiger charge is -2.07. The summed E-state index contributed by atoms with van der Waals surface area (Å²) in [7, 11) is 0. The van der Waals surface area contributed by atoms with Gasteiger partial charge in [0.1, 0.15) is 0 Å². The highest BCUT2D eigenvalue weighted by molar-refractivity contribution is 5.77. The molecule has 0 spiro atoms. The van der Waals surface area contributed by atoms with Crippen LogP contribution in [0.5, 0.6) is 0 Å². The van der Waals surface area contributed by atoms with Crippen LogP contribution in [-0.4, -0.2) is 4.98 Å². The van der Waals surface area contributed by atoms with Gasteiger partial charge in [-0.05, 0) is 30.2 Å². The lowest BCUT2D eigenvalue weighted by atomic mass is 9.99. The summed E-state index contributed by atoms with van der Waals surface area (Å²) in [4.78, 5) is 4.30. The third-order valence-electron chi connectivity index (χ3n) is 2.44. The Balaban J connectivity index is 2.42. The van der Waals surface area contributed by atoms with Crippen molar-refractivity contribution in [1.82, 2.24) is 4.98 Å². The van der Waals surface area contributed by atoms with Gasteiger partial charge in [-0.2, -0.15) is 0 Å². The second-order valence-corrected chi connectivity index (χ2v) is 3.51. The van der Waals surface area contributed by atoms with E-state index in [0.29, 0.717) is 0 Å². The van der Waals surface area contributed by atoms with Gasteiger partial charge in [-0.3, -0.25) is 4.98 Å². The predicted molar refractivity (Wildman–Crippen MR) is 63.6 cm³/mol. The van der Waals surface area contributed by atoms with Crippen LogP contribution in [-0.2, 0) is 0 Å². The SMILES string of the molecule is C=C(c1ccccn1)c1ccccc1C. The molecule has 74 valence electrons. The van der Waals surface area contributed by atoms with Crippen LogP contribution in [0.1, 0.15) is 16.8 Å². The lowest BCUT2D eigenvalue weighted by molar-refractivity contribution is 1.27. The van der Waals surface area contributed by atoms with E-state index in [9.17, 15) is 0 Å². The smallest absolute Gasteiger partial charge is 0.0702 e. The minimum absolute atomic E-state index is 0.937. The number of hydrogen-bond donors (Lipinski definition) is 0. The normalized spacial score (nSPS) is 9.93. The van der Waals surface area contributed by atoms with Gasteiger partial charge in [0.05, 0.1) is 5.69 Å². The van der Waals surface area contributed by atoms with E-state index in [1.54, 1.807) is 6.20 Å². The predicted octanol–water partition coefficient (Wildman–Crippen LogP) is 3.45. The number of rotatable bonds is 2. The minimum Gasteiger partial charge on any atom is -0.256 e. The zero-order chi connectivity index (χ0) is 10.7. The monoisotopic (exact) mass is 195 g/mol. The molecule has 2 aromatic rings. The maximum Gasteiger partial charge on any atom is 0.0702 e. The van der Waals surface area contributed by atoms with Gasteiger partial charge in [-0.15, -0.1) is 0 Å². The summed E-state index contributed by atoms with van der Waals surface area (Å²) in [6.45, 7) is 6.18. The van der Waals surface area contributed by atoms with Crippen LogP contribution in [0, 0.1) is 6.92 Å². The van der Waals surface area contributed by atoms with Gasteiger partial charge >= 0.3 is 0 Å². The highest BCUT2D eigenvalue weighted by Gasteiger charge is 2.04.